The van der Waals surface area contributed by atoms with Crippen LogP contribution in [-0.2, 0) is 11.3 Å². The average Bonchev–Trinajstić information content (AvgIpc) is 2.93. The highest BCUT2D eigenvalue weighted by molar-refractivity contribution is 9.10. The first-order valence-corrected chi connectivity index (χ1v) is 9.92. The molecule has 1 aromatic heterocycles. The van der Waals surface area contributed by atoms with Crippen LogP contribution < -0.4 is 10.6 Å². The molecule has 0 saturated carbocycles. The van der Waals surface area contributed by atoms with Gasteiger partial charge in [0, 0.05) is 28.8 Å². The third kappa shape index (κ3) is 6.20. The molecule has 2 aromatic rings. The van der Waals surface area contributed by atoms with E-state index in [1.165, 1.54) is 0 Å². The number of halogens is 1. The Hall–Kier alpha value is -2.15. The largest absolute Gasteiger partial charge is 0.354 e. The minimum atomic E-state index is -0.574. The van der Waals surface area contributed by atoms with E-state index < -0.39 is 6.04 Å². The molecule has 0 saturated heterocycles. The molecule has 2 amide bonds. The monoisotopic (exact) mass is 434 g/mol. The number of carbonyl (C=O) groups excluding carboxylic acids is 2. The summed E-state index contributed by atoms with van der Waals surface area (Å²) < 4.78 is 2.84. The number of amides is 2. The molecule has 2 N–H and O–H groups in total. The van der Waals surface area contributed by atoms with E-state index in [0.717, 1.165) is 28.8 Å². The van der Waals surface area contributed by atoms with Crippen LogP contribution in [0.5, 0.6) is 0 Å². The predicted octanol–water partition coefficient (Wildman–Crippen LogP) is 3.22. The topological polar surface area (TPSA) is 76.0 Å². The highest BCUT2D eigenvalue weighted by atomic mass is 79.9. The van der Waals surface area contributed by atoms with Crippen molar-refractivity contribution in [3.05, 3.63) is 51.8 Å². The molecule has 27 heavy (non-hydrogen) atoms. The van der Waals surface area contributed by atoms with Crippen LogP contribution in [0.15, 0.2) is 34.8 Å². The highest BCUT2D eigenvalue weighted by Crippen LogP contribution is 2.11. The Labute approximate surface area is 168 Å². The van der Waals surface area contributed by atoms with E-state index in [1.807, 2.05) is 38.4 Å². The first-order valence-electron chi connectivity index (χ1n) is 9.13. The van der Waals surface area contributed by atoms with Crippen molar-refractivity contribution in [2.75, 3.05) is 6.54 Å². The number of hydrogen-bond acceptors (Lipinski definition) is 3. The number of aromatic nitrogens is 2. The number of aryl methyl sites for hydroxylation is 3. The van der Waals surface area contributed by atoms with Crippen molar-refractivity contribution in [1.29, 1.82) is 0 Å². The zero-order valence-corrected chi connectivity index (χ0v) is 17.8. The fraction of sp³-hybridized carbons (Fsp3) is 0.450. The molecule has 2 rings (SSSR count). The number of rotatable bonds is 8. The summed E-state index contributed by atoms with van der Waals surface area (Å²) in [6, 6.07) is 8.52. The molecule has 0 radical (unpaired) electrons. The van der Waals surface area contributed by atoms with Gasteiger partial charge in [-0.2, -0.15) is 5.10 Å². The lowest BCUT2D eigenvalue weighted by atomic mass is 10.0. The standard InChI is InChI=1S/C20H27BrN4O2/c1-13(2)18(23-19(26)16-6-8-17(21)9-7-16)20(27)22-10-5-11-25-15(4)12-14(3)24-25/h6-9,12-13,18H,5,10-11H2,1-4H3,(H,22,27)(H,23,26)/t18-/m0/s1. The number of hydrogen-bond donors (Lipinski definition) is 2. The minimum absolute atomic E-state index is 0.0135. The highest BCUT2D eigenvalue weighted by Gasteiger charge is 2.24. The molecule has 0 aliphatic heterocycles. The van der Waals surface area contributed by atoms with Gasteiger partial charge in [-0.05, 0) is 56.5 Å². The fourth-order valence-corrected chi connectivity index (χ4v) is 3.08. The second-order valence-electron chi connectivity index (χ2n) is 7.00. The molecule has 0 fully saturated rings. The van der Waals surface area contributed by atoms with Crippen LogP contribution in [0.4, 0.5) is 0 Å². The van der Waals surface area contributed by atoms with Gasteiger partial charge in [0.25, 0.3) is 5.91 Å². The third-order valence-electron chi connectivity index (χ3n) is 4.29. The van der Waals surface area contributed by atoms with Gasteiger partial charge in [0.05, 0.1) is 5.69 Å². The van der Waals surface area contributed by atoms with Crippen molar-refractivity contribution in [1.82, 2.24) is 20.4 Å². The lowest BCUT2D eigenvalue weighted by Gasteiger charge is -2.22. The normalized spacial score (nSPS) is 12.1. The number of carbonyl (C=O) groups is 2. The molecule has 0 aliphatic rings. The second-order valence-corrected chi connectivity index (χ2v) is 7.91. The number of benzene rings is 1. The second kappa shape index (κ2) is 9.69. The van der Waals surface area contributed by atoms with Crippen molar-refractivity contribution in [3.63, 3.8) is 0 Å². The first-order chi connectivity index (χ1) is 12.8. The lowest BCUT2D eigenvalue weighted by molar-refractivity contribution is -0.123. The van der Waals surface area contributed by atoms with E-state index in [2.05, 4.69) is 31.7 Å². The number of nitrogens with one attached hydrogen (secondary N) is 2. The summed E-state index contributed by atoms with van der Waals surface area (Å²) in [5.41, 5.74) is 2.63. The molecule has 0 aliphatic carbocycles. The van der Waals surface area contributed by atoms with Crippen LogP contribution in [0.1, 0.15) is 42.0 Å². The van der Waals surface area contributed by atoms with Gasteiger partial charge in [0.1, 0.15) is 6.04 Å². The maximum atomic E-state index is 12.5. The van der Waals surface area contributed by atoms with Gasteiger partial charge in [-0.1, -0.05) is 29.8 Å². The van der Waals surface area contributed by atoms with E-state index in [4.69, 9.17) is 0 Å². The molecule has 0 spiro atoms. The van der Waals surface area contributed by atoms with E-state index in [9.17, 15) is 9.59 Å². The summed E-state index contributed by atoms with van der Waals surface area (Å²) in [5.74, 6) is -0.428. The number of nitrogens with zero attached hydrogens (tertiary/aromatic N) is 2. The van der Waals surface area contributed by atoms with Crippen molar-refractivity contribution >= 4 is 27.7 Å². The molecular weight excluding hydrogens is 408 g/mol. The summed E-state index contributed by atoms with van der Waals surface area (Å²) in [6.45, 7) is 9.10. The molecule has 1 aromatic carbocycles. The van der Waals surface area contributed by atoms with Crippen LogP contribution in [0.25, 0.3) is 0 Å². The Morgan fingerprint density at radius 2 is 1.85 bits per heavy atom. The van der Waals surface area contributed by atoms with Crippen LogP contribution in [0.2, 0.25) is 0 Å². The van der Waals surface area contributed by atoms with E-state index >= 15 is 0 Å². The summed E-state index contributed by atoms with van der Waals surface area (Å²) in [7, 11) is 0. The van der Waals surface area contributed by atoms with Gasteiger partial charge in [-0.3, -0.25) is 14.3 Å². The van der Waals surface area contributed by atoms with Crippen LogP contribution in [0.3, 0.4) is 0 Å². The zero-order chi connectivity index (χ0) is 20.0. The maximum absolute atomic E-state index is 12.5. The lowest BCUT2D eigenvalue weighted by Crippen LogP contribution is -2.50. The smallest absolute Gasteiger partial charge is 0.251 e. The Bertz CT molecular complexity index is 784. The van der Waals surface area contributed by atoms with Crippen molar-refractivity contribution in [3.8, 4) is 0 Å². The minimum Gasteiger partial charge on any atom is -0.354 e. The molecule has 146 valence electrons. The van der Waals surface area contributed by atoms with Gasteiger partial charge < -0.3 is 10.6 Å². The quantitative estimate of drug-likeness (QED) is 0.626. The SMILES string of the molecule is Cc1cc(C)n(CCCNC(=O)[C@@H](NC(=O)c2ccc(Br)cc2)C(C)C)n1. The van der Waals surface area contributed by atoms with Crippen LogP contribution in [-0.4, -0.2) is 34.2 Å². The molecule has 0 unspecified atom stereocenters. The van der Waals surface area contributed by atoms with Gasteiger partial charge >= 0.3 is 0 Å². The fourth-order valence-electron chi connectivity index (χ4n) is 2.81. The van der Waals surface area contributed by atoms with Gasteiger partial charge in [-0.25, -0.2) is 0 Å². The summed E-state index contributed by atoms with van der Waals surface area (Å²) in [5, 5.41) is 10.2. The van der Waals surface area contributed by atoms with Gasteiger partial charge in [0.15, 0.2) is 0 Å². The Morgan fingerprint density at radius 1 is 1.19 bits per heavy atom. The van der Waals surface area contributed by atoms with Gasteiger partial charge in [0.2, 0.25) is 5.91 Å². The first kappa shape index (κ1) is 21.2. The molecule has 6 nitrogen and oxygen atoms in total. The van der Waals surface area contributed by atoms with Gasteiger partial charge in [-0.15, -0.1) is 0 Å². The Balaban J connectivity index is 1.85. The molecule has 1 heterocycles. The summed E-state index contributed by atoms with van der Waals surface area (Å²) >= 11 is 3.35. The molecular formula is C20H27BrN4O2. The molecule has 1 atom stereocenters. The third-order valence-corrected chi connectivity index (χ3v) is 4.82. The van der Waals surface area contributed by atoms with Crippen molar-refractivity contribution < 1.29 is 9.59 Å². The van der Waals surface area contributed by atoms with Crippen LogP contribution in [0, 0.1) is 19.8 Å². The average molecular weight is 435 g/mol. The van der Waals surface area contributed by atoms with E-state index in [1.54, 1.807) is 24.3 Å². The summed E-state index contributed by atoms with van der Waals surface area (Å²) in [4.78, 5) is 24.9. The van der Waals surface area contributed by atoms with E-state index in [0.29, 0.717) is 12.1 Å². The molecule has 0 bridgehead atoms. The Morgan fingerprint density at radius 3 is 2.41 bits per heavy atom. The Kier molecular flexibility index (Phi) is 7.59. The maximum Gasteiger partial charge on any atom is 0.251 e. The van der Waals surface area contributed by atoms with Crippen molar-refractivity contribution in [2.45, 2.75) is 46.7 Å². The van der Waals surface area contributed by atoms with Crippen LogP contribution >= 0.6 is 15.9 Å². The molecule has 7 heteroatoms. The zero-order valence-electron chi connectivity index (χ0n) is 16.3. The summed E-state index contributed by atoms with van der Waals surface area (Å²) in [6.07, 6.45) is 0.777. The van der Waals surface area contributed by atoms with Crippen molar-refractivity contribution in [2.24, 2.45) is 5.92 Å². The predicted molar refractivity (Wildman–Crippen MR) is 110 cm³/mol. The van der Waals surface area contributed by atoms with E-state index in [-0.39, 0.29) is 17.7 Å².